The van der Waals surface area contributed by atoms with Crippen LogP contribution in [-0.2, 0) is 11.3 Å². The summed E-state index contributed by atoms with van der Waals surface area (Å²) in [6, 6.07) is 0. The maximum atomic E-state index is 11.4. The number of ketones is 1. The highest BCUT2D eigenvalue weighted by Crippen LogP contribution is 2.20. The highest BCUT2D eigenvalue weighted by atomic mass is 32.1. The molecule has 1 aromatic rings. The second-order valence-corrected chi connectivity index (χ2v) is 4.65. The lowest BCUT2D eigenvalue weighted by atomic mass is 10.3. The molecule has 1 rings (SSSR count). The molecule has 0 saturated carbocycles. The predicted molar refractivity (Wildman–Crippen MR) is 60.8 cm³/mol. The Balaban J connectivity index is 3.10. The summed E-state index contributed by atoms with van der Waals surface area (Å²) in [6.07, 6.45) is 0. The number of nitrogens with zero attached hydrogens (tertiary/aromatic N) is 2. The molecule has 88 valence electrons. The molecule has 0 bridgehead atoms. The van der Waals surface area contributed by atoms with E-state index in [-0.39, 0.29) is 11.5 Å². The first kappa shape index (κ1) is 12.8. The summed E-state index contributed by atoms with van der Waals surface area (Å²) in [6.45, 7) is 2.02. The Labute approximate surface area is 98.0 Å². The van der Waals surface area contributed by atoms with Gasteiger partial charge in [-0.15, -0.1) is 11.3 Å². The lowest BCUT2D eigenvalue weighted by Crippen LogP contribution is -2.11. The number of carbonyl (C=O) groups is 2. The lowest BCUT2D eigenvalue weighted by molar-refractivity contribution is 0.0591. The van der Waals surface area contributed by atoms with E-state index in [1.54, 1.807) is 0 Å². The van der Waals surface area contributed by atoms with E-state index in [4.69, 9.17) is 0 Å². The van der Waals surface area contributed by atoms with Gasteiger partial charge in [0.15, 0.2) is 11.5 Å². The Kier molecular flexibility index (Phi) is 4.14. The van der Waals surface area contributed by atoms with Crippen LogP contribution in [0.3, 0.4) is 0 Å². The van der Waals surface area contributed by atoms with Crippen molar-refractivity contribution in [3.8, 4) is 0 Å². The van der Waals surface area contributed by atoms with Gasteiger partial charge < -0.3 is 9.64 Å². The van der Waals surface area contributed by atoms with Crippen molar-refractivity contribution in [2.75, 3.05) is 21.2 Å². The molecule has 0 radical (unpaired) electrons. The second kappa shape index (κ2) is 5.18. The number of methoxy groups -OCH3 is 1. The third-order valence-corrected chi connectivity index (χ3v) is 2.96. The van der Waals surface area contributed by atoms with E-state index in [1.165, 1.54) is 25.4 Å². The average molecular weight is 242 g/mol. The summed E-state index contributed by atoms with van der Waals surface area (Å²) in [7, 11) is 5.07. The zero-order valence-electron chi connectivity index (χ0n) is 9.73. The number of Topliss-reactive ketones (excluding diaryl/α,β-unsaturated/α-hetero) is 1. The summed E-state index contributed by atoms with van der Waals surface area (Å²) in [5, 5.41) is 0.732. The first-order chi connectivity index (χ1) is 7.45. The number of ether oxygens (including phenoxy) is 1. The number of aromatic nitrogens is 1. The molecule has 0 aromatic carbocycles. The Bertz CT molecular complexity index is 412. The van der Waals surface area contributed by atoms with Crippen LogP contribution in [0.2, 0.25) is 0 Å². The van der Waals surface area contributed by atoms with Crippen molar-refractivity contribution < 1.29 is 14.3 Å². The van der Waals surface area contributed by atoms with E-state index in [2.05, 4.69) is 9.72 Å². The molecule has 0 aliphatic rings. The van der Waals surface area contributed by atoms with Crippen molar-refractivity contribution >= 4 is 23.1 Å². The maximum Gasteiger partial charge on any atom is 0.358 e. The summed E-state index contributed by atoms with van der Waals surface area (Å²) in [4.78, 5) is 29.1. The van der Waals surface area contributed by atoms with Crippen molar-refractivity contribution in [1.82, 2.24) is 9.88 Å². The molecule has 0 N–H and O–H groups in total. The van der Waals surface area contributed by atoms with Crippen LogP contribution in [0.5, 0.6) is 0 Å². The molecule has 16 heavy (non-hydrogen) atoms. The van der Waals surface area contributed by atoms with Crippen molar-refractivity contribution in [2.45, 2.75) is 13.5 Å². The quantitative estimate of drug-likeness (QED) is 0.586. The van der Waals surface area contributed by atoms with Gasteiger partial charge in [-0.05, 0) is 14.1 Å². The minimum Gasteiger partial charge on any atom is -0.464 e. The van der Waals surface area contributed by atoms with Crippen molar-refractivity contribution in [3.05, 3.63) is 15.6 Å². The second-order valence-electron chi connectivity index (χ2n) is 3.57. The smallest absolute Gasteiger partial charge is 0.358 e. The molecule has 0 aliphatic carbocycles. The number of esters is 1. The van der Waals surface area contributed by atoms with Gasteiger partial charge in [0, 0.05) is 13.5 Å². The van der Waals surface area contributed by atoms with E-state index in [1.807, 2.05) is 19.0 Å². The van der Waals surface area contributed by atoms with Crippen molar-refractivity contribution in [3.63, 3.8) is 0 Å². The molecule has 0 fully saturated rings. The van der Waals surface area contributed by atoms with Crippen molar-refractivity contribution in [2.24, 2.45) is 0 Å². The Hall–Kier alpha value is -1.27. The Morgan fingerprint density at radius 1 is 1.44 bits per heavy atom. The van der Waals surface area contributed by atoms with Gasteiger partial charge >= 0.3 is 5.97 Å². The first-order valence-corrected chi connectivity index (χ1v) is 5.51. The molecule has 0 atom stereocenters. The topological polar surface area (TPSA) is 59.5 Å². The Morgan fingerprint density at radius 2 is 2.06 bits per heavy atom. The van der Waals surface area contributed by atoms with Gasteiger partial charge in [-0.3, -0.25) is 4.79 Å². The van der Waals surface area contributed by atoms with Gasteiger partial charge in [-0.1, -0.05) is 0 Å². The van der Waals surface area contributed by atoms with Crippen LogP contribution >= 0.6 is 11.3 Å². The van der Waals surface area contributed by atoms with E-state index in [9.17, 15) is 9.59 Å². The lowest BCUT2D eigenvalue weighted by Gasteiger charge is -2.04. The van der Waals surface area contributed by atoms with Gasteiger partial charge in [0.1, 0.15) is 9.88 Å². The van der Waals surface area contributed by atoms with Gasteiger partial charge in [-0.25, -0.2) is 9.78 Å². The van der Waals surface area contributed by atoms with Gasteiger partial charge in [0.05, 0.1) is 7.11 Å². The predicted octanol–water partition coefficient (Wildman–Crippen LogP) is 1.19. The van der Waals surface area contributed by atoms with Crippen LogP contribution in [0.25, 0.3) is 0 Å². The van der Waals surface area contributed by atoms with Gasteiger partial charge in [0.2, 0.25) is 0 Å². The maximum absolute atomic E-state index is 11.4. The zero-order valence-corrected chi connectivity index (χ0v) is 10.6. The van der Waals surface area contributed by atoms with E-state index in [0.717, 1.165) is 5.01 Å². The third-order valence-electron chi connectivity index (χ3n) is 1.82. The van der Waals surface area contributed by atoms with Crippen molar-refractivity contribution in [1.29, 1.82) is 0 Å². The van der Waals surface area contributed by atoms with Gasteiger partial charge in [0.25, 0.3) is 0 Å². The third kappa shape index (κ3) is 2.86. The molecule has 1 aromatic heterocycles. The highest BCUT2D eigenvalue weighted by Gasteiger charge is 2.21. The van der Waals surface area contributed by atoms with Crippen LogP contribution in [0, 0.1) is 0 Å². The van der Waals surface area contributed by atoms with E-state index in [0.29, 0.717) is 11.4 Å². The molecule has 0 saturated heterocycles. The molecular formula is C10H14N2O3S. The zero-order chi connectivity index (χ0) is 12.3. The average Bonchev–Trinajstić information content (AvgIpc) is 2.59. The van der Waals surface area contributed by atoms with E-state index < -0.39 is 5.97 Å². The molecule has 6 heteroatoms. The molecule has 1 heterocycles. The fourth-order valence-electron chi connectivity index (χ4n) is 1.18. The molecule has 0 aliphatic heterocycles. The van der Waals surface area contributed by atoms with Crippen LogP contribution in [0.4, 0.5) is 0 Å². The highest BCUT2D eigenvalue weighted by molar-refractivity contribution is 7.14. The SMILES string of the molecule is COC(=O)c1nc(CN(C)C)sc1C(C)=O. The molecular weight excluding hydrogens is 228 g/mol. The molecule has 5 nitrogen and oxygen atoms in total. The number of hydrogen-bond acceptors (Lipinski definition) is 6. The monoisotopic (exact) mass is 242 g/mol. The number of carbonyl (C=O) groups excluding carboxylic acids is 2. The van der Waals surface area contributed by atoms with E-state index >= 15 is 0 Å². The Morgan fingerprint density at radius 3 is 2.50 bits per heavy atom. The summed E-state index contributed by atoms with van der Waals surface area (Å²) < 4.78 is 4.58. The van der Waals surface area contributed by atoms with Crippen LogP contribution < -0.4 is 0 Å². The molecule has 0 amide bonds. The standard InChI is InChI=1S/C10H14N2O3S/c1-6(13)9-8(10(14)15-4)11-7(16-9)5-12(2)3/h5H2,1-4H3. The van der Waals surface area contributed by atoms with Gasteiger partial charge in [-0.2, -0.15) is 0 Å². The van der Waals surface area contributed by atoms with Crippen LogP contribution in [0.15, 0.2) is 0 Å². The fraction of sp³-hybridized carbons (Fsp3) is 0.500. The summed E-state index contributed by atoms with van der Waals surface area (Å²) in [5.41, 5.74) is 0.122. The molecule has 0 spiro atoms. The summed E-state index contributed by atoms with van der Waals surface area (Å²) >= 11 is 1.24. The number of thiazole rings is 1. The molecule has 0 unspecified atom stereocenters. The normalized spacial score (nSPS) is 10.6. The van der Waals surface area contributed by atoms with Crippen LogP contribution in [-0.4, -0.2) is 42.8 Å². The first-order valence-electron chi connectivity index (χ1n) is 4.69. The summed E-state index contributed by atoms with van der Waals surface area (Å²) in [5.74, 6) is -0.727. The minimum absolute atomic E-state index is 0.122. The number of rotatable bonds is 4. The number of hydrogen-bond donors (Lipinski definition) is 0. The fourth-order valence-corrected chi connectivity index (χ4v) is 2.24. The van der Waals surface area contributed by atoms with Crippen LogP contribution in [0.1, 0.15) is 32.1 Å². The largest absolute Gasteiger partial charge is 0.464 e. The minimum atomic E-state index is -0.563.